The smallest absolute Gasteiger partial charge is 0.0245 e. The first kappa shape index (κ1) is 9.30. The van der Waals surface area contributed by atoms with Gasteiger partial charge in [-0.25, -0.2) is 0 Å². The van der Waals surface area contributed by atoms with Crippen LogP contribution in [0.4, 0.5) is 0 Å². The van der Waals surface area contributed by atoms with Crippen molar-refractivity contribution in [3.63, 3.8) is 0 Å². The molecule has 0 spiro atoms. The molecule has 1 aliphatic carbocycles. The number of hydrogen-bond acceptors (Lipinski definition) is 1. The van der Waals surface area contributed by atoms with Crippen molar-refractivity contribution in [1.29, 1.82) is 0 Å². The van der Waals surface area contributed by atoms with Gasteiger partial charge in [-0.1, -0.05) is 18.1 Å². The van der Waals surface area contributed by atoms with Crippen molar-refractivity contribution >= 4 is 0 Å². The van der Waals surface area contributed by atoms with Gasteiger partial charge in [0.1, 0.15) is 0 Å². The third kappa shape index (κ3) is 2.16. The van der Waals surface area contributed by atoms with Crippen molar-refractivity contribution in [3.05, 3.63) is 35.4 Å². The zero-order chi connectivity index (χ0) is 10.0. The van der Waals surface area contributed by atoms with E-state index in [2.05, 4.69) is 18.1 Å². The van der Waals surface area contributed by atoms with Gasteiger partial charge in [0.2, 0.25) is 0 Å². The molecule has 0 atom stereocenters. The maximum absolute atomic E-state index is 6.02. The predicted molar refractivity (Wildman–Crippen MR) is 58.9 cm³/mol. The third-order valence-corrected chi connectivity index (χ3v) is 2.90. The van der Waals surface area contributed by atoms with Gasteiger partial charge in [-0.05, 0) is 43.4 Å². The van der Waals surface area contributed by atoms with Crippen molar-refractivity contribution < 1.29 is 0 Å². The van der Waals surface area contributed by atoms with E-state index in [1.54, 1.807) is 0 Å². The first-order chi connectivity index (χ1) is 6.72. The molecule has 14 heavy (non-hydrogen) atoms. The summed E-state index contributed by atoms with van der Waals surface area (Å²) in [4.78, 5) is 0. The van der Waals surface area contributed by atoms with Gasteiger partial charge in [0.15, 0.2) is 0 Å². The summed E-state index contributed by atoms with van der Waals surface area (Å²) in [6.07, 6.45) is 9.84. The number of terminal acetylenes is 1. The minimum atomic E-state index is 0.145. The van der Waals surface area contributed by atoms with E-state index in [1.807, 2.05) is 12.1 Å². The van der Waals surface area contributed by atoms with E-state index in [0.717, 1.165) is 18.4 Å². The van der Waals surface area contributed by atoms with Gasteiger partial charge < -0.3 is 5.73 Å². The maximum atomic E-state index is 6.02. The third-order valence-electron chi connectivity index (χ3n) is 2.90. The molecule has 0 unspecified atom stereocenters. The highest BCUT2D eigenvalue weighted by Gasteiger charge is 2.37. The number of aryl methyl sites for hydroxylation is 1. The van der Waals surface area contributed by atoms with Crippen molar-refractivity contribution in [2.24, 2.45) is 5.73 Å². The van der Waals surface area contributed by atoms with Gasteiger partial charge in [0.25, 0.3) is 0 Å². The second-order valence-corrected chi connectivity index (χ2v) is 4.21. The fraction of sp³-hybridized carbons (Fsp3) is 0.385. The molecule has 1 heteroatoms. The highest BCUT2D eigenvalue weighted by molar-refractivity contribution is 5.35. The van der Waals surface area contributed by atoms with E-state index in [-0.39, 0.29) is 5.54 Å². The summed E-state index contributed by atoms with van der Waals surface area (Å²) < 4.78 is 0. The zero-order valence-electron chi connectivity index (χ0n) is 8.29. The Morgan fingerprint density at radius 2 is 2.21 bits per heavy atom. The molecule has 1 nitrogen and oxygen atoms in total. The average Bonchev–Trinajstić information content (AvgIpc) is 2.95. The molecule has 0 aromatic heterocycles. The molecule has 1 aliphatic rings. The van der Waals surface area contributed by atoms with Crippen LogP contribution >= 0.6 is 0 Å². The molecular formula is C13H15N. The largest absolute Gasteiger partial charge is 0.325 e. The van der Waals surface area contributed by atoms with Crippen LogP contribution in [0.5, 0.6) is 0 Å². The van der Waals surface area contributed by atoms with Gasteiger partial charge >= 0.3 is 0 Å². The summed E-state index contributed by atoms with van der Waals surface area (Å²) >= 11 is 0. The van der Waals surface area contributed by atoms with Crippen LogP contribution in [-0.4, -0.2) is 5.54 Å². The van der Waals surface area contributed by atoms with E-state index >= 15 is 0 Å². The molecule has 0 saturated heterocycles. The van der Waals surface area contributed by atoms with E-state index in [1.165, 1.54) is 18.4 Å². The highest BCUT2D eigenvalue weighted by Crippen LogP contribution is 2.36. The van der Waals surface area contributed by atoms with Crippen molar-refractivity contribution in [3.8, 4) is 12.3 Å². The second kappa shape index (κ2) is 3.48. The summed E-state index contributed by atoms with van der Waals surface area (Å²) in [5.41, 5.74) is 8.43. The first-order valence-corrected chi connectivity index (χ1v) is 5.06. The molecule has 0 aliphatic heterocycles. The fourth-order valence-corrected chi connectivity index (χ4v) is 1.62. The molecule has 1 fully saturated rings. The van der Waals surface area contributed by atoms with E-state index in [0.29, 0.717) is 0 Å². The number of nitrogens with two attached hydrogens (primary N) is 1. The van der Waals surface area contributed by atoms with Gasteiger partial charge in [-0.15, -0.1) is 6.42 Å². The van der Waals surface area contributed by atoms with Crippen LogP contribution < -0.4 is 5.73 Å². The Labute approximate surface area is 85.3 Å². The monoisotopic (exact) mass is 185 g/mol. The van der Waals surface area contributed by atoms with Gasteiger partial charge in [0, 0.05) is 11.1 Å². The molecule has 1 aromatic rings. The number of rotatable bonds is 3. The standard InChI is InChI=1S/C13H15N/c1-2-11-4-3-5-12(10-11)6-7-13(14)8-9-13/h1,3-5,10H,6-9,14H2. The Hall–Kier alpha value is -1.26. The summed E-state index contributed by atoms with van der Waals surface area (Å²) in [6, 6.07) is 8.16. The SMILES string of the molecule is C#Cc1cccc(CCC2(N)CC2)c1. The van der Waals surface area contributed by atoms with Crippen LogP contribution in [0.3, 0.4) is 0 Å². The number of benzene rings is 1. The van der Waals surface area contributed by atoms with Gasteiger partial charge in [-0.3, -0.25) is 0 Å². The Morgan fingerprint density at radius 3 is 2.86 bits per heavy atom. The molecule has 2 rings (SSSR count). The Balaban J connectivity index is 1.99. The average molecular weight is 185 g/mol. The Morgan fingerprint density at radius 1 is 1.43 bits per heavy atom. The lowest BCUT2D eigenvalue weighted by atomic mass is 10.0. The number of hydrogen-bond donors (Lipinski definition) is 1. The highest BCUT2D eigenvalue weighted by atomic mass is 14.8. The van der Waals surface area contributed by atoms with Crippen LogP contribution in [0.1, 0.15) is 30.4 Å². The summed E-state index contributed by atoms with van der Waals surface area (Å²) in [5, 5.41) is 0. The van der Waals surface area contributed by atoms with Crippen molar-refractivity contribution in [2.45, 2.75) is 31.2 Å². The first-order valence-electron chi connectivity index (χ1n) is 5.06. The molecule has 1 aromatic carbocycles. The molecule has 72 valence electrons. The molecule has 0 amide bonds. The van der Waals surface area contributed by atoms with Crippen LogP contribution in [0.2, 0.25) is 0 Å². The zero-order valence-corrected chi connectivity index (χ0v) is 8.29. The molecular weight excluding hydrogens is 170 g/mol. The Bertz CT molecular complexity index is 369. The minimum Gasteiger partial charge on any atom is -0.325 e. The van der Waals surface area contributed by atoms with Gasteiger partial charge in [-0.2, -0.15) is 0 Å². The molecule has 1 saturated carbocycles. The van der Waals surface area contributed by atoms with Crippen molar-refractivity contribution in [2.75, 3.05) is 0 Å². The minimum absolute atomic E-state index is 0.145. The summed E-state index contributed by atoms with van der Waals surface area (Å²) in [5.74, 6) is 2.65. The van der Waals surface area contributed by atoms with Crippen LogP contribution in [0.25, 0.3) is 0 Å². The molecule has 2 N–H and O–H groups in total. The lowest BCUT2D eigenvalue weighted by Gasteiger charge is -2.07. The molecule has 0 bridgehead atoms. The van der Waals surface area contributed by atoms with Gasteiger partial charge in [0.05, 0.1) is 0 Å². The lowest BCUT2D eigenvalue weighted by Crippen LogP contribution is -2.22. The van der Waals surface area contributed by atoms with E-state index in [9.17, 15) is 0 Å². The van der Waals surface area contributed by atoms with E-state index < -0.39 is 0 Å². The van der Waals surface area contributed by atoms with Crippen LogP contribution in [0.15, 0.2) is 24.3 Å². The molecule has 0 heterocycles. The summed E-state index contributed by atoms with van der Waals surface area (Å²) in [6.45, 7) is 0. The van der Waals surface area contributed by atoms with Crippen molar-refractivity contribution in [1.82, 2.24) is 0 Å². The van der Waals surface area contributed by atoms with Crippen LogP contribution in [-0.2, 0) is 6.42 Å². The second-order valence-electron chi connectivity index (χ2n) is 4.21. The van der Waals surface area contributed by atoms with E-state index in [4.69, 9.17) is 12.2 Å². The molecule has 0 radical (unpaired) electrons. The fourth-order valence-electron chi connectivity index (χ4n) is 1.62. The quantitative estimate of drug-likeness (QED) is 0.717. The normalized spacial score (nSPS) is 17.4. The lowest BCUT2D eigenvalue weighted by molar-refractivity contribution is 0.609. The maximum Gasteiger partial charge on any atom is 0.0245 e. The Kier molecular flexibility index (Phi) is 2.31. The summed E-state index contributed by atoms with van der Waals surface area (Å²) in [7, 11) is 0. The predicted octanol–water partition coefficient (Wildman–Crippen LogP) is 2.09. The van der Waals surface area contributed by atoms with Crippen LogP contribution in [0, 0.1) is 12.3 Å². The topological polar surface area (TPSA) is 26.0 Å².